The van der Waals surface area contributed by atoms with Crippen molar-refractivity contribution in [3.05, 3.63) is 83.9 Å². The van der Waals surface area contributed by atoms with Crippen molar-refractivity contribution in [3.8, 4) is 11.3 Å². The summed E-state index contributed by atoms with van der Waals surface area (Å²) in [5.74, 6) is 0.747. The molecule has 2 N–H and O–H groups in total. The van der Waals surface area contributed by atoms with Crippen molar-refractivity contribution in [2.24, 2.45) is 11.7 Å². The standard InChI is InChI=1S/C29H34N4O3/c1-2-25-18-23(12-13-31-25)28-11-10-27(36-28)21-33-16-14-32(15-17-33)20-26(34)19-24(29(30)35)9-8-22-6-4-3-5-7-22/h3-13,18,24H,2,14-17,19-21H2,1H3,(H2,30,35). The lowest BCUT2D eigenvalue weighted by atomic mass is 9.99. The summed E-state index contributed by atoms with van der Waals surface area (Å²) in [4.78, 5) is 33.4. The molecule has 7 heteroatoms. The number of nitrogens with zero attached hydrogens (tertiary/aromatic N) is 3. The first-order chi connectivity index (χ1) is 17.5. The van der Waals surface area contributed by atoms with E-state index >= 15 is 0 Å². The minimum atomic E-state index is -0.596. The zero-order valence-corrected chi connectivity index (χ0v) is 20.8. The number of hydrogen-bond acceptors (Lipinski definition) is 6. The molecule has 0 bridgehead atoms. The number of carbonyl (C=O) groups is 2. The molecule has 1 aliphatic rings. The molecule has 1 atom stereocenters. The monoisotopic (exact) mass is 486 g/mol. The Morgan fingerprint density at radius 1 is 1.06 bits per heavy atom. The van der Waals surface area contributed by atoms with Gasteiger partial charge in [0.15, 0.2) is 0 Å². The summed E-state index contributed by atoms with van der Waals surface area (Å²) in [5, 5.41) is 0. The Bertz CT molecular complexity index is 1180. The quantitative estimate of drug-likeness (QED) is 0.443. The minimum absolute atomic E-state index is 0.0319. The minimum Gasteiger partial charge on any atom is -0.460 e. The van der Waals surface area contributed by atoms with Crippen LogP contribution >= 0.6 is 0 Å². The fourth-order valence-electron chi connectivity index (χ4n) is 4.38. The van der Waals surface area contributed by atoms with Crippen LogP contribution in [0, 0.1) is 5.92 Å². The number of benzene rings is 1. The number of pyridine rings is 1. The van der Waals surface area contributed by atoms with Gasteiger partial charge in [0.1, 0.15) is 17.3 Å². The lowest BCUT2D eigenvalue weighted by Crippen LogP contribution is -2.47. The Balaban J connectivity index is 1.23. The third kappa shape index (κ3) is 7.23. The number of aryl methyl sites for hydroxylation is 1. The van der Waals surface area contributed by atoms with Crippen molar-refractivity contribution in [2.45, 2.75) is 26.3 Å². The van der Waals surface area contributed by atoms with Gasteiger partial charge in [-0.05, 0) is 36.2 Å². The number of amides is 1. The maximum absolute atomic E-state index is 12.7. The van der Waals surface area contributed by atoms with Crippen molar-refractivity contribution in [3.63, 3.8) is 0 Å². The van der Waals surface area contributed by atoms with E-state index in [0.717, 1.165) is 67.5 Å². The zero-order chi connectivity index (χ0) is 25.3. The van der Waals surface area contributed by atoms with E-state index in [9.17, 15) is 9.59 Å². The maximum Gasteiger partial charge on any atom is 0.224 e. The van der Waals surface area contributed by atoms with Gasteiger partial charge in [-0.2, -0.15) is 0 Å². The van der Waals surface area contributed by atoms with Crippen LogP contribution in [0.4, 0.5) is 0 Å². The number of furan rings is 1. The molecule has 188 valence electrons. The van der Waals surface area contributed by atoms with Crippen LogP contribution in [0.25, 0.3) is 17.4 Å². The lowest BCUT2D eigenvalue weighted by molar-refractivity contribution is -0.126. The molecule has 0 radical (unpaired) electrons. The first-order valence-corrected chi connectivity index (χ1v) is 12.5. The van der Waals surface area contributed by atoms with Gasteiger partial charge in [0.2, 0.25) is 5.91 Å². The van der Waals surface area contributed by atoms with E-state index in [2.05, 4.69) is 27.8 Å². The van der Waals surface area contributed by atoms with Crippen molar-refractivity contribution in [2.75, 3.05) is 32.7 Å². The van der Waals surface area contributed by atoms with Gasteiger partial charge in [0.25, 0.3) is 0 Å². The summed E-state index contributed by atoms with van der Waals surface area (Å²) >= 11 is 0. The molecule has 0 saturated carbocycles. The van der Waals surface area contributed by atoms with Crippen molar-refractivity contribution < 1.29 is 14.0 Å². The summed E-state index contributed by atoms with van der Waals surface area (Å²) < 4.78 is 6.10. The summed E-state index contributed by atoms with van der Waals surface area (Å²) in [5.41, 5.74) is 8.62. The molecule has 1 unspecified atom stereocenters. The molecule has 1 aliphatic heterocycles. The molecular formula is C29H34N4O3. The third-order valence-electron chi connectivity index (χ3n) is 6.50. The number of piperazine rings is 1. The molecule has 3 aromatic rings. The zero-order valence-electron chi connectivity index (χ0n) is 20.8. The van der Waals surface area contributed by atoms with Gasteiger partial charge in [0.05, 0.1) is 19.0 Å². The smallest absolute Gasteiger partial charge is 0.224 e. The molecule has 2 aromatic heterocycles. The Kier molecular flexibility index (Phi) is 8.81. The second-order valence-corrected chi connectivity index (χ2v) is 9.23. The Morgan fingerprint density at radius 2 is 1.81 bits per heavy atom. The fourth-order valence-corrected chi connectivity index (χ4v) is 4.38. The number of carbonyl (C=O) groups excluding carboxylic acids is 2. The van der Waals surface area contributed by atoms with Gasteiger partial charge < -0.3 is 10.2 Å². The van der Waals surface area contributed by atoms with Crippen LogP contribution in [0.3, 0.4) is 0 Å². The van der Waals surface area contributed by atoms with Gasteiger partial charge in [-0.3, -0.25) is 24.4 Å². The molecule has 7 nitrogen and oxygen atoms in total. The molecule has 3 heterocycles. The Morgan fingerprint density at radius 3 is 2.53 bits per heavy atom. The normalized spacial score (nSPS) is 15.8. The van der Waals surface area contributed by atoms with Crippen molar-refractivity contribution >= 4 is 17.8 Å². The molecule has 1 fully saturated rings. The van der Waals surface area contributed by atoms with Crippen LogP contribution in [-0.2, 0) is 22.6 Å². The number of hydrogen-bond donors (Lipinski definition) is 1. The van der Waals surface area contributed by atoms with Crippen LogP contribution in [0.15, 0.2) is 71.3 Å². The van der Waals surface area contributed by atoms with E-state index in [1.54, 1.807) is 6.08 Å². The van der Waals surface area contributed by atoms with E-state index < -0.39 is 11.8 Å². The number of ketones is 1. The predicted molar refractivity (Wildman–Crippen MR) is 141 cm³/mol. The number of aromatic nitrogens is 1. The van der Waals surface area contributed by atoms with Crippen LogP contribution in [0.5, 0.6) is 0 Å². The van der Waals surface area contributed by atoms with Crippen LogP contribution < -0.4 is 5.73 Å². The lowest BCUT2D eigenvalue weighted by Gasteiger charge is -2.33. The van der Waals surface area contributed by atoms with Gasteiger partial charge in [-0.15, -0.1) is 0 Å². The maximum atomic E-state index is 12.7. The number of nitrogens with two attached hydrogens (primary N) is 1. The highest BCUT2D eigenvalue weighted by Crippen LogP contribution is 2.23. The summed E-state index contributed by atoms with van der Waals surface area (Å²) in [6.07, 6.45) is 6.42. The van der Waals surface area contributed by atoms with E-state index in [1.165, 1.54) is 0 Å². The molecule has 0 spiro atoms. The number of Topliss-reactive ketones (excluding diaryl/α,β-unsaturated/α-hetero) is 1. The number of primary amides is 1. The van der Waals surface area contributed by atoms with Crippen molar-refractivity contribution in [1.82, 2.24) is 14.8 Å². The fraction of sp³-hybridized carbons (Fsp3) is 0.345. The average molecular weight is 487 g/mol. The molecule has 1 saturated heterocycles. The molecule has 1 aromatic carbocycles. The van der Waals surface area contributed by atoms with E-state index in [-0.39, 0.29) is 12.2 Å². The summed E-state index contributed by atoms with van der Waals surface area (Å²) in [6.45, 7) is 6.46. The highest BCUT2D eigenvalue weighted by molar-refractivity contribution is 5.88. The first kappa shape index (κ1) is 25.5. The highest BCUT2D eigenvalue weighted by Gasteiger charge is 2.22. The van der Waals surface area contributed by atoms with E-state index in [1.807, 2.05) is 60.8 Å². The Hall–Kier alpha value is -3.55. The predicted octanol–water partition coefficient (Wildman–Crippen LogP) is 3.80. The largest absolute Gasteiger partial charge is 0.460 e. The first-order valence-electron chi connectivity index (χ1n) is 12.5. The van der Waals surface area contributed by atoms with Crippen molar-refractivity contribution in [1.29, 1.82) is 0 Å². The Labute approximate surface area is 212 Å². The molecule has 4 rings (SSSR count). The van der Waals surface area contributed by atoms with Gasteiger partial charge in [-0.25, -0.2) is 0 Å². The topological polar surface area (TPSA) is 92.7 Å². The number of rotatable bonds is 11. The second-order valence-electron chi connectivity index (χ2n) is 9.23. The average Bonchev–Trinajstić information content (AvgIpc) is 3.36. The van der Waals surface area contributed by atoms with Crippen LogP contribution in [-0.4, -0.2) is 59.2 Å². The van der Waals surface area contributed by atoms with Crippen LogP contribution in [0.1, 0.15) is 30.4 Å². The summed E-state index contributed by atoms with van der Waals surface area (Å²) in [6, 6.07) is 17.8. The summed E-state index contributed by atoms with van der Waals surface area (Å²) in [7, 11) is 0. The molecule has 0 aliphatic carbocycles. The SMILES string of the molecule is CCc1cc(-c2ccc(CN3CCN(CC(=O)CC(C=Cc4ccccc4)C(N)=O)CC3)o2)ccn1. The van der Waals surface area contributed by atoms with E-state index in [0.29, 0.717) is 6.54 Å². The van der Waals surface area contributed by atoms with Crippen LogP contribution in [0.2, 0.25) is 0 Å². The van der Waals surface area contributed by atoms with Gasteiger partial charge in [0, 0.05) is 50.1 Å². The molecular weight excluding hydrogens is 452 g/mol. The van der Waals surface area contributed by atoms with Gasteiger partial charge >= 0.3 is 0 Å². The van der Waals surface area contributed by atoms with Gasteiger partial charge in [-0.1, -0.05) is 49.4 Å². The highest BCUT2D eigenvalue weighted by atomic mass is 16.3. The molecule has 36 heavy (non-hydrogen) atoms. The molecule has 1 amide bonds. The van der Waals surface area contributed by atoms with E-state index in [4.69, 9.17) is 10.2 Å². The third-order valence-corrected chi connectivity index (χ3v) is 6.50. The second kappa shape index (κ2) is 12.4.